The summed E-state index contributed by atoms with van der Waals surface area (Å²) in [6, 6.07) is 7.61. The number of nitrogens with one attached hydrogen (secondary N) is 3. The van der Waals surface area contributed by atoms with Gasteiger partial charge in [0.1, 0.15) is 0 Å². The van der Waals surface area contributed by atoms with E-state index in [-0.39, 0.29) is 48.1 Å². The van der Waals surface area contributed by atoms with Crippen molar-refractivity contribution in [3.8, 4) is 0 Å². The van der Waals surface area contributed by atoms with Crippen LogP contribution in [-0.4, -0.2) is 58.8 Å². The number of halogens is 1. The fourth-order valence-electron chi connectivity index (χ4n) is 3.18. The van der Waals surface area contributed by atoms with E-state index < -0.39 is 10.0 Å². The minimum Gasteiger partial charge on any atom is -0.357 e. The highest BCUT2D eigenvalue weighted by molar-refractivity contribution is 14.0. The average molecular weight is 535 g/mol. The van der Waals surface area contributed by atoms with E-state index in [0.717, 1.165) is 30.5 Å². The highest BCUT2D eigenvalue weighted by atomic mass is 127. The topological polar surface area (TPSA) is 103 Å². The van der Waals surface area contributed by atoms with Crippen LogP contribution < -0.4 is 20.3 Å². The Morgan fingerprint density at radius 3 is 2.62 bits per heavy atom. The summed E-state index contributed by atoms with van der Waals surface area (Å²) < 4.78 is 26.9. The lowest BCUT2D eigenvalue weighted by molar-refractivity contribution is -0.122. The van der Waals surface area contributed by atoms with E-state index in [1.807, 2.05) is 31.2 Å². The van der Waals surface area contributed by atoms with Crippen LogP contribution in [0.5, 0.6) is 0 Å². The van der Waals surface area contributed by atoms with Gasteiger partial charge in [0.15, 0.2) is 5.96 Å². The Balaban J connectivity index is 0.00000300. The summed E-state index contributed by atoms with van der Waals surface area (Å²) in [5.74, 6) is 0.819. The molecule has 0 spiro atoms. The van der Waals surface area contributed by atoms with Crippen LogP contribution in [0.25, 0.3) is 0 Å². The molecule has 1 aliphatic heterocycles. The second-order valence-electron chi connectivity index (χ2n) is 7.02. The number of rotatable bonds is 9. The Labute approximate surface area is 190 Å². The molecule has 1 saturated carbocycles. The van der Waals surface area contributed by atoms with E-state index in [1.165, 1.54) is 4.31 Å². The molecule has 1 fully saturated rings. The summed E-state index contributed by atoms with van der Waals surface area (Å²) in [5, 5.41) is 9.10. The van der Waals surface area contributed by atoms with Crippen LogP contribution in [0.4, 0.5) is 5.69 Å². The van der Waals surface area contributed by atoms with Crippen molar-refractivity contribution in [2.24, 2.45) is 10.9 Å². The lowest BCUT2D eigenvalue weighted by atomic mass is 10.2. The van der Waals surface area contributed by atoms with Crippen molar-refractivity contribution in [1.29, 1.82) is 0 Å². The number of fused-ring (bicyclic) bond motifs is 1. The Morgan fingerprint density at radius 1 is 1.17 bits per heavy atom. The first-order chi connectivity index (χ1) is 13.5. The summed E-state index contributed by atoms with van der Waals surface area (Å²) in [7, 11) is -3.41. The molecule has 162 valence electrons. The normalized spacial score (nSPS) is 16.0. The first kappa shape index (κ1) is 23.7. The smallest absolute Gasteiger partial charge is 0.237 e. The summed E-state index contributed by atoms with van der Waals surface area (Å²) in [6.07, 6.45) is 2.72. The first-order valence-electron chi connectivity index (χ1n) is 9.89. The number of carbonyl (C=O) groups excluding carboxylic acids is 1. The van der Waals surface area contributed by atoms with Gasteiger partial charge in [0.05, 0.1) is 18.0 Å². The largest absolute Gasteiger partial charge is 0.357 e. The predicted octanol–water partition coefficient (Wildman–Crippen LogP) is 1.08. The number of anilines is 1. The molecule has 2 aliphatic rings. The zero-order valence-electron chi connectivity index (χ0n) is 16.7. The van der Waals surface area contributed by atoms with E-state index in [0.29, 0.717) is 32.1 Å². The maximum atomic E-state index is 12.7. The quantitative estimate of drug-likeness (QED) is 0.190. The molecule has 1 heterocycles. The maximum absolute atomic E-state index is 12.7. The number of para-hydroxylation sites is 1. The zero-order chi connectivity index (χ0) is 20.0. The minimum absolute atomic E-state index is 0. The third kappa shape index (κ3) is 6.73. The van der Waals surface area contributed by atoms with Crippen molar-refractivity contribution in [2.45, 2.75) is 26.2 Å². The van der Waals surface area contributed by atoms with Gasteiger partial charge in [0, 0.05) is 32.1 Å². The number of carbonyl (C=O) groups is 1. The number of amides is 1. The lowest BCUT2D eigenvalue weighted by Crippen LogP contribution is -2.42. The van der Waals surface area contributed by atoms with Gasteiger partial charge >= 0.3 is 0 Å². The van der Waals surface area contributed by atoms with Gasteiger partial charge in [-0.3, -0.25) is 14.1 Å². The van der Waals surface area contributed by atoms with Crippen molar-refractivity contribution in [3.05, 3.63) is 29.8 Å². The molecule has 10 heteroatoms. The molecule has 0 atom stereocenters. The molecule has 29 heavy (non-hydrogen) atoms. The van der Waals surface area contributed by atoms with E-state index in [4.69, 9.17) is 0 Å². The number of guanidine groups is 1. The van der Waals surface area contributed by atoms with Crippen molar-refractivity contribution in [1.82, 2.24) is 16.0 Å². The summed E-state index contributed by atoms with van der Waals surface area (Å²) in [6.45, 7) is 4.34. The van der Waals surface area contributed by atoms with E-state index in [2.05, 4.69) is 20.9 Å². The van der Waals surface area contributed by atoms with E-state index in [1.54, 1.807) is 0 Å². The van der Waals surface area contributed by atoms with Crippen molar-refractivity contribution >= 4 is 51.6 Å². The van der Waals surface area contributed by atoms with Crippen LogP contribution in [0.3, 0.4) is 0 Å². The van der Waals surface area contributed by atoms with Gasteiger partial charge in [-0.25, -0.2) is 8.42 Å². The molecule has 1 aliphatic carbocycles. The van der Waals surface area contributed by atoms with Crippen molar-refractivity contribution in [3.63, 3.8) is 0 Å². The zero-order valence-corrected chi connectivity index (χ0v) is 19.8. The fraction of sp³-hybridized carbons (Fsp3) is 0.579. The standard InChI is InChI=1S/C19H29N5O3S.HI/c1-2-20-19(22-11-10-21-18(25)16-7-8-16)23-12-14-28(26,27)24-13-9-15-5-3-4-6-17(15)24;/h3-6,16H,2,7-14H2,1H3,(H,21,25)(H2,20,22,23);1H. The first-order valence-corrected chi connectivity index (χ1v) is 11.5. The van der Waals surface area contributed by atoms with Crippen molar-refractivity contribution < 1.29 is 13.2 Å². The van der Waals surface area contributed by atoms with Gasteiger partial charge in [-0.1, -0.05) is 18.2 Å². The second-order valence-corrected chi connectivity index (χ2v) is 9.03. The predicted molar refractivity (Wildman–Crippen MR) is 126 cm³/mol. The van der Waals surface area contributed by atoms with Gasteiger partial charge in [-0.05, 0) is 37.8 Å². The van der Waals surface area contributed by atoms with Crippen LogP contribution in [-0.2, 0) is 21.2 Å². The molecule has 3 N–H and O–H groups in total. The Kier molecular flexibility index (Phi) is 9.00. The van der Waals surface area contributed by atoms with Crippen LogP contribution in [0.2, 0.25) is 0 Å². The number of benzene rings is 1. The molecule has 0 radical (unpaired) electrons. The van der Waals surface area contributed by atoms with Gasteiger partial charge in [-0.2, -0.15) is 0 Å². The third-order valence-electron chi connectivity index (χ3n) is 4.81. The number of hydrogen-bond donors (Lipinski definition) is 3. The van der Waals surface area contributed by atoms with E-state index >= 15 is 0 Å². The summed E-state index contributed by atoms with van der Waals surface area (Å²) in [4.78, 5) is 16.0. The molecule has 0 aromatic heterocycles. The van der Waals surface area contributed by atoms with Crippen LogP contribution in [0.1, 0.15) is 25.3 Å². The van der Waals surface area contributed by atoms with Crippen LogP contribution >= 0.6 is 24.0 Å². The second kappa shape index (κ2) is 11.0. The van der Waals surface area contributed by atoms with Crippen LogP contribution in [0, 0.1) is 5.92 Å². The molecule has 1 amide bonds. The van der Waals surface area contributed by atoms with Crippen LogP contribution in [0.15, 0.2) is 29.3 Å². The molecule has 0 saturated heterocycles. The molecule has 1 aromatic rings. The summed E-state index contributed by atoms with van der Waals surface area (Å²) >= 11 is 0. The molecular weight excluding hydrogens is 505 g/mol. The van der Waals surface area contributed by atoms with E-state index in [9.17, 15) is 13.2 Å². The third-order valence-corrected chi connectivity index (χ3v) is 6.56. The SMILES string of the molecule is CCNC(=NCCS(=O)(=O)N1CCc2ccccc21)NCCNC(=O)C1CC1.I. The van der Waals surface area contributed by atoms with Gasteiger partial charge in [0.2, 0.25) is 15.9 Å². The Bertz CT molecular complexity index is 827. The highest BCUT2D eigenvalue weighted by Gasteiger charge is 2.29. The number of nitrogens with zero attached hydrogens (tertiary/aromatic N) is 2. The minimum atomic E-state index is -3.41. The Morgan fingerprint density at radius 2 is 1.90 bits per heavy atom. The molecule has 0 bridgehead atoms. The highest BCUT2D eigenvalue weighted by Crippen LogP contribution is 2.30. The average Bonchev–Trinajstić information content (AvgIpc) is 3.43. The summed E-state index contributed by atoms with van der Waals surface area (Å²) in [5.41, 5.74) is 1.85. The molecular formula is C19H30IN5O3S. The van der Waals surface area contributed by atoms with Gasteiger partial charge in [-0.15, -0.1) is 24.0 Å². The molecule has 0 unspecified atom stereocenters. The number of hydrogen-bond acceptors (Lipinski definition) is 4. The Hall–Kier alpha value is -1.56. The number of aliphatic imine (C=N–C) groups is 1. The molecule has 8 nitrogen and oxygen atoms in total. The number of sulfonamides is 1. The lowest BCUT2D eigenvalue weighted by Gasteiger charge is -2.19. The maximum Gasteiger partial charge on any atom is 0.237 e. The van der Waals surface area contributed by atoms with Gasteiger partial charge in [0.25, 0.3) is 0 Å². The fourth-order valence-corrected chi connectivity index (χ4v) is 4.57. The van der Waals surface area contributed by atoms with Crippen molar-refractivity contribution in [2.75, 3.05) is 42.8 Å². The molecule has 3 rings (SSSR count). The molecule has 1 aromatic carbocycles. The monoisotopic (exact) mass is 535 g/mol. The van der Waals surface area contributed by atoms with Gasteiger partial charge < -0.3 is 16.0 Å².